The second-order valence-electron chi connectivity index (χ2n) is 7.70. The predicted octanol–water partition coefficient (Wildman–Crippen LogP) is 6.11. The Bertz CT molecular complexity index is 1470. The first-order chi connectivity index (χ1) is 16.7. The van der Waals surface area contributed by atoms with Crippen LogP contribution < -0.4 is 5.32 Å². The number of benzene rings is 2. The van der Waals surface area contributed by atoms with E-state index in [0.717, 1.165) is 43.6 Å². The summed E-state index contributed by atoms with van der Waals surface area (Å²) in [5, 5.41) is 11.5. The molecule has 168 valence electrons. The molecule has 5 aromatic rings. The number of amides is 1. The second-order valence-corrected chi connectivity index (χ2v) is 8.81. The van der Waals surface area contributed by atoms with Crippen LogP contribution in [-0.4, -0.2) is 21.1 Å². The molecule has 0 aliphatic carbocycles. The van der Waals surface area contributed by atoms with Crippen molar-refractivity contribution in [3.05, 3.63) is 107 Å². The van der Waals surface area contributed by atoms with E-state index in [1.165, 1.54) is 0 Å². The molecule has 1 amide bonds. The number of aromatic nitrogens is 3. The number of rotatable bonds is 7. The number of aromatic amines is 1. The first-order valence-corrected chi connectivity index (χ1v) is 11.6. The number of fused-ring (bicyclic) bond motifs is 1. The van der Waals surface area contributed by atoms with Gasteiger partial charge in [0, 0.05) is 21.4 Å². The standard InChI is InChI=1S/C27H22N4O2S/c1-18-9-11-20(33-18)17-29-27(32)23-7-2-3-8-26(23)34-21-12-13-22-24(30-31-25(22)16-21)14-10-19-6-4-5-15-28-19/h2-16H,17H2,1H3,(H,29,32)(H,30,31). The maximum atomic E-state index is 12.8. The highest BCUT2D eigenvalue weighted by molar-refractivity contribution is 7.99. The van der Waals surface area contributed by atoms with Gasteiger partial charge in [0.2, 0.25) is 0 Å². The molecule has 6 nitrogen and oxygen atoms in total. The van der Waals surface area contributed by atoms with Crippen LogP contribution in [0, 0.1) is 6.92 Å². The Balaban J connectivity index is 1.32. The SMILES string of the molecule is Cc1ccc(CNC(=O)c2ccccc2Sc2ccc3c(C=Cc4ccccn4)n[nH]c3c2)o1. The number of hydrogen-bond acceptors (Lipinski definition) is 5. The van der Waals surface area contributed by atoms with Crippen LogP contribution in [-0.2, 0) is 6.54 Å². The van der Waals surface area contributed by atoms with Crippen molar-refractivity contribution in [2.45, 2.75) is 23.3 Å². The Morgan fingerprint density at radius 3 is 2.76 bits per heavy atom. The zero-order valence-electron chi connectivity index (χ0n) is 18.5. The van der Waals surface area contributed by atoms with Gasteiger partial charge in [0.1, 0.15) is 11.5 Å². The fraction of sp³-hybridized carbons (Fsp3) is 0.0741. The van der Waals surface area contributed by atoms with Gasteiger partial charge in [-0.1, -0.05) is 30.0 Å². The highest BCUT2D eigenvalue weighted by Crippen LogP contribution is 2.33. The molecule has 3 heterocycles. The number of nitrogens with one attached hydrogen (secondary N) is 2. The molecular weight excluding hydrogens is 444 g/mol. The van der Waals surface area contributed by atoms with Gasteiger partial charge in [-0.3, -0.25) is 14.9 Å². The van der Waals surface area contributed by atoms with Crippen LogP contribution in [0.2, 0.25) is 0 Å². The fourth-order valence-corrected chi connectivity index (χ4v) is 4.55. The molecule has 0 aliphatic heterocycles. The summed E-state index contributed by atoms with van der Waals surface area (Å²) in [6.45, 7) is 2.23. The van der Waals surface area contributed by atoms with Gasteiger partial charge in [-0.2, -0.15) is 5.10 Å². The maximum absolute atomic E-state index is 12.8. The number of carbonyl (C=O) groups excluding carboxylic acids is 1. The number of H-pyrrole nitrogens is 1. The van der Waals surface area contributed by atoms with Gasteiger partial charge in [0.25, 0.3) is 5.91 Å². The Morgan fingerprint density at radius 1 is 1.06 bits per heavy atom. The van der Waals surface area contributed by atoms with Gasteiger partial charge in [0.15, 0.2) is 0 Å². The molecule has 2 N–H and O–H groups in total. The van der Waals surface area contributed by atoms with Gasteiger partial charge in [-0.25, -0.2) is 0 Å². The Labute approximate surface area is 201 Å². The molecule has 2 aromatic carbocycles. The first-order valence-electron chi connectivity index (χ1n) is 10.8. The minimum atomic E-state index is -0.137. The van der Waals surface area contributed by atoms with Crippen LogP contribution in [0.5, 0.6) is 0 Å². The summed E-state index contributed by atoms with van der Waals surface area (Å²) in [4.78, 5) is 19.0. The number of hydrogen-bond donors (Lipinski definition) is 2. The summed E-state index contributed by atoms with van der Waals surface area (Å²) in [5.41, 5.74) is 3.29. The van der Waals surface area contributed by atoms with Crippen molar-refractivity contribution in [1.82, 2.24) is 20.5 Å². The van der Waals surface area contributed by atoms with E-state index in [1.807, 2.05) is 91.9 Å². The molecule has 0 fully saturated rings. The van der Waals surface area contributed by atoms with Crippen LogP contribution >= 0.6 is 11.8 Å². The minimum Gasteiger partial charge on any atom is -0.465 e. The van der Waals surface area contributed by atoms with Crippen LogP contribution in [0.4, 0.5) is 0 Å². The average Bonchev–Trinajstić information content (AvgIpc) is 3.47. The lowest BCUT2D eigenvalue weighted by atomic mass is 10.2. The van der Waals surface area contributed by atoms with Crippen molar-refractivity contribution in [3.8, 4) is 0 Å². The molecule has 5 rings (SSSR count). The van der Waals surface area contributed by atoms with Gasteiger partial charge in [0.05, 0.1) is 29.0 Å². The lowest BCUT2D eigenvalue weighted by Gasteiger charge is -2.09. The van der Waals surface area contributed by atoms with Gasteiger partial charge in [-0.15, -0.1) is 0 Å². The molecule has 0 atom stereocenters. The van der Waals surface area contributed by atoms with E-state index in [-0.39, 0.29) is 5.91 Å². The third-order valence-electron chi connectivity index (χ3n) is 5.24. The highest BCUT2D eigenvalue weighted by atomic mass is 32.2. The summed E-state index contributed by atoms with van der Waals surface area (Å²) in [6, 6.07) is 23.3. The first kappa shape index (κ1) is 21.7. The fourth-order valence-electron chi connectivity index (χ4n) is 3.56. The van der Waals surface area contributed by atoms with Crippen molar-refractivity contribution < 1.29 is 9.21 Å². The number of carbonyl (C=O) groups is 1. The Kier molecular flexibility index (Phi) is 6.27. The molecule has 0 unspecified atom stereocenters. The van der Waals surface area contributed by atoms with E-state index >= 15 is 0 Å². The molecular formula is C27H22N4O2S. The summed E-state index contributed by atoms with van der Waals surface area (Å²) in [6.07, 6.45) is 5.66. The molecule has 3 aromatic heterocycles. The van der Waals surface area contributed by atoms with Gasteiger partial charge >= 0.3 is 0 Å². The number of aryl methyl sites for hydroxylation is 1. The predicted molar refractivity (Wildman–Crippen MR) is 134 cm³/mol. The van der Waals surface area contributed by atoms with Crippen LogP contribution in [0.15, 0.2) is 93.2 Å². The molecule has 0 bridgehead atoms. The normalized spacial score (nSPS) is 11.3. The molecule has 0 spiro atoms. The van der Waals surface area contributed by atoms with Crippen molar-refractivity contribution in [3.63, 3.8) is 0 Å². The third kappa shape index (κ3) is 4.94. The molecule has 0 aliphatic rings. The Hall–Kier alpha value is -4.10. The summed E-state index contributed by atoms with van der Waals surface area (Å²) >= 11 is 1.54. The zero-order valence-corrected chi connectivity index (χ0v) is 19.3. The largest absolute Gasteiger partial charge is 0.465 e. The van der Waals surface area contributed by atoms with E-state index in [1.54, 1.807) is 18.0 Å². The summed E-state index contributed by atoms with van der Waals surface area (Å²) < 4.78 is 5.54. The van der Waals surface area contributed by atoms with Crippen LogP contribution in [0.1, 0.15) is 33.3 Å². The second kappa shape index (κ2) is 9.80. The van der Waals surface area contributed by atoms with Crippen molar-refractivity contribution in [1.29, 1.82) is 0 Å². The monoisotopic (exact) mass is 466 g/mol. The number of pyridine rings is 1. The van der Waals surface area contributed by atoms with E-state index < -0.39 is 0 Å². The highest BCUT2D eigenvalue weighted by Gasteiger charge is 2.13. The van der Waals surface area contributed by atoms with E-state index in [2.05, 4.69) is 20.5 Å². The summed E-state index contributed by atoms with van der Waals surface area (Å²) in [5.74, 6) is 1.42. The topological polar surface area (TPSA) is 83.8 Å². The van der Waals surface area contributed by atoms with E-state index in [4.69, 9.17) is 4.42 Å². The Morgan fingerprint density at radius 2 is 1.94 bits per heavy atom. The zero-order chi connectivity index (χ0) is 23.3. The van der Waals surface area contributed by atoms with Crippen molar-refractivity contribution in [2.75, 3.05) is 0 Å². The minimum absolute atomic E-state index is 0.137. The lowest BCUT2D eigenvalue weighted by Crippen LogP contribution is -2.23. The van der Waals surface area contributed by atoms with Gasteiger partial charge in [-0.05, 0) is 73.7 Å². The smallest absolute Gasteiger partial charge is 0.252 e. The molecule has 34 heavy (non-hydrogen) atoms. The molecule has 7 heteroatoms. The van der Waals surface area contributed by atoms with Crippen molar-refractivity contribution >= 4 is 40.7 Å². The number of furan rings is 1. The van der Waals surface area contributed by atoms with Gasteiger partial charge < -0.3 is 9.73 Å². The molecule has 0 radical (unpaired) electrons. The quantitative estimate of drug-likeness (QED) is 0.302. The molecule has 0 saturated carbocycles. The van der Waals surface area contributed by atoms with Crippen LogP contribution in [0.3, 0.4) is 0 Å². The average molecular weight is 467 g/mol. The summed E-state index contributed by atoms with van der Waals surface area (Å²) in [7, 11) is 0. The van der Waals surface area contributed by atoms with Crippen molar-refractivity contribution in [2.24, 2.45) is 0 Å². The van der Waals surface area contributed by atoms with Crippen LogP contribution in [0.25, 0.3) is 23.1 Å². The third-order valence-corrected chi connectivity index (χ3v) is 6.31. The lowest BCUT2D eigenvalue weighted by molar-refractivity contribution is 0.0945. The van der Waals surface area contributed by atoms with E-state index in [9.17, 15) is 4.79 Å². The van der Waals surface area contributed by atoms with E-state index in [0.29, 0.717) is 12.1 Å². The molecule has 0 saturated heterocycles. The maximum Gasteiger partial charge on any atom is 0.252 e. The number of nitrogens with zero attached hydrogens (tertiary/aromatic N) is 2.